The fourth-order valence-electron chi connectivity index (χ4n) is 2.33. The minimum Gasteiger partial charge on any atom is -0.480 e. The fourth-order valence-corrected chi connectivity index (χ4v) is 2.33. The highest BCUT2D eigenvalue weighted by Gasteiger charge is 2.18. The van der Waals surface area contributed by atoms with Crippen molar-refractivity contribution in [3.8, 4) is 5.75 Å². The predicted octanol–water partition coefficient (Wildman–Crippen LogP) is 2.86. The van der Waals surface area contributed by atoms with Crippen LogP contribution < -0.4 is 10.1 Å². The number of ether oxygens (including phenoxy) is 1. The Kier molecular flexibility index (Phi) is 6.20. The maximum Gasteiger partial charge on any atom is 0.261 e. The Hall–Kier alpha value is -2.30. The van der Waals surface area contributed by atoms with E-state index >= 15 is 0 Å². The van der Waals surface area contributed by atoms with E-state index in [0.717, 1.165) is 29.8 Å². The van der Waals surface area contributed by atoms with Crippen LogP contribution in [0.5, 0.6) is 5.75 Å². The summed E-state index contributed by atoms with van der Waals surface area (Å²) in [5.74, 6) is 0.726. The van der Waals surface area contributed by atoms with Gasteiger partial charge in [0.1, 0.15) is 5.75 Å². The number of carbonyl (C=O) groups excluding carboxylic acids is 1. The lowest BCUT2D eigenvalue weighted by Crippen LogP contribution is -2.38. The number of imidazole rings is 1. The quantitative estimate of drug-likeness (QED) is 0.762. The molecule has 0 fully saturated rings. The van der Waals surface area contributed by atoms with Crippen LogP contribution in [0.4, 0.5) is 0 Å². The first-order valence-corrected chi connectivity index (χ1v) is 8.08. The van der Waals surface area contributed by atoms with Crippen LogP contribution in [0.25, 0.3) is 0 Å². The van der Waals surface area contributed by atoms with Gasteiger partial charge in [-0.25, -0.2) is 4.98 Å². The van der Waals surface area contributed by atoms with Gasteiger partial charge >= 0.3 is 0 Å². The second-order valence-electron chi connectivity index (χ2n) is 5.66. The summed E-state index contributed by atoms with van der Waals surface area (Å²) in [7, 11) is 0. The molecule has 1 aromatic carbocycles. The average molecular weight is 315 g/mol. The first kappa shape index (κ1) is 17.1. The van der Waals surface area contributed by atoms with Crippen molar-refractivity contribution in [1.82, 2.24) is 14.9 Å². The van der Waals surface area contributed by atoms with E-state index in [0.29, 0.717) is 13.0 Å². The molecule has 0 saturated heterocycles. The number of benzene rings is 1. The molecule has 23 heavy (non-hydrogen) atoms. The molecule has 1 amide bonds. The van der Waals surface area contributed by atoms with Crippen molar-refractivity contribution in [2.75, 3.05) is 6.54 Å². The zero-order valence-electron chi connectivity index (χ0n) is 14.1. The fraction of sp³-hybridized carbons (Fsp3) is 0.444. The smallest absolute Gasteiger partial charge is 0.261 e. The predicted molar refractivity (Wildman–Crippen MR) is 90.5 cm³/mol. The van der Waals surface area contributed by atoms with Gasteiger partial charge in [0, 0.05) is 25.5 Å². The van der Waals surface area contributed by atoms with Gasteiger partial charge < -0.3 is 14.6 Å². The number of aromatic nitrogens is 2. The van der Waals surface area contributed by atoms with E-state index in [1.807, 2.05) is 49.7 Å². The summed E-state index contributed by atoms with van der Waals surface area (Å²) in [5, 5.41) is 2.95. The van der Waals surface area contributed by atoms with Crippen molar-refractivity contribution in [3.63, 3.8) is 0 Å². The molecule has 0 radical (unpaired) electrons. The SMILES string of the molecule is CCC(Oc1cccc(C)c1C)C(=O)NCCCn1ccnc1. The number of carbonyl (C=O) groups is 1. The monoisotopic (exact) mass is 315 g/mol. The molecule has 5 heteroatoms. The van der Waals surface area contributed by atoms with Crippen LogP contribution >= 0.6 is 0 Å². The first-order valence-electron chi connectivity index (χ1n) is 8.08. The van der Waals surface area contributed by atoms with E-state index in [1.54, 1.807) is 12.5 Å². The van der Waals surface area contributed by atoms with Crippen molar-refractivity contribution in [2.24, 2.45) is 0 Å². The largest absolute Gasteiger partial charge is 0.480 e. The molecule has 0 aliphatic rings. The van der Waals surface area contributed by atoms with Gasteiger partial charge in [0.05, 0.1) is 6.33 Å². The third kappa shape index (κ3) is 4.84. The molecule has 124 valence electrons. The van der Waals surface area contributed by atoms with Crippen LogP contribution in [0.1, 0.15) is 30.9 Å². The summed E-state index contributed by atoms with van der Waals surface area (Å²) in [6.45, 7) is 7.49. The molecule has 5 nitrogen and oxygen atoms in total. The molecule has 0 bridgehead atoms. The highest BCUT2D eigenvalue weighted by molar-refractivity contribution is 5.81. The second-order valence-corrected chi connectivity index (χ2v) is 5.66. The van der Waals surface area contributed by atoms with Crippen molar-refractivity contribution >= 4 is 5.91 Å². The lowest BCUT2D eigenvalue weighted by molar-refractivity contribution is -0.128. The zero-order chi connectivity index (χ0) is 16.7. The standard InChI is InChI=1S/C18H25N3O2/c1-4-16(23-17-8-5-7-14(2)15(17)3)18(22)20-9-6-11-21-12-10-19-13-21/h5,7-8,10,12-13,16H,4,6,9,11H2,1-3H3,(H,20,22). The maximum absolute atomic E-state index is 12.3. The molecule has 0 aliphatic heterocycles. The third-order valence-electron chi connectivity index (χ3n) is 3.94. The Morgan fingerprint density at radius 3 is 2.91 bits per heavy atom. The number of rotatable bonds is 8. The molecular weight excluding hydrogens is 290 g/mol. The van der Waals surface area contributed by atoms with E-state index in [1.165, 1.54) is 0 Å². The van der Waals surface area contributed by atoms with Crippen molar-refractivity contribution in [3.05, 3.63) is 48.0 Å². The number of hydrogen-bond acceptors (Lipinski definition) is 3. The average Bonchev–Trinajstić information content (AvgIpc) is 3.06. The topological polar surface area (TPSA) is 56.1 Å². The van der Waals surface area contributed by atoms with Crippen LogP contribution in [-0.2, 0) is 11.3 Å². The Morgan fingerprint density at radius 1 is 1.39 bits per heavy atom. The number of hydrogen-bond donors (Lipinski definition) is 1. The Labute approximate surface area is 137 Å². The normalized spacial score (nSPS) is 12.0. The summed E-state index contributed by atoms with van der Waals surface area (Å²) >= 11 is 0. The highest BCUT2D eigenvalue weighted by atomic mass is 16.5. The van der Waals surface area contributed by atoms with Gasteiger partial charge in [-0.15, -0.1) is 0 Å². The van der Waals surface area contributed by atoms with Gasteiger partial charge in [-0.3, -0.25) is 4.79 Å². The van der Waals surface area contributed by atoms with E-state index in [2.05, 4.69) is 10.3 Å². The minimum atomic E-state index is -0.455. The summed E-state index contributed by atoms with van der Waals surface area (Å²) in [6.07, 6.45) is 6.50. The number of nitrogens with zero attached hydrogens (tertiary/aromatic N) is 2. The van der Waals surface area contributed by atoms with Gasteiger partial charge in [0.15, 0.2) is 6.10 Å². The third-order valence-corrected chi connectivity index (χ3v) is 3.94. The second kappa shape index (κ2) is 8.36. The minimum absolute atomic E-state index is 0.0564. The number of aryl methyl sites for hydroxylation is 2. The maximum atomic E-state index is 12.3. The number of nitrogens with one attached hydrogen (secondary N) is 1. The van der Waals surface area contributed by atoms with Crippen molar-refractivity contribution in [2.45, 2.75) is 46.3 Å². The zero-order valence-corrected chi connectivity index (χ0v) is 14.1. The Bertz CT molecular complexity index is 623. The van der Waals surface area contributed by atoms with Crippen LogP contribution in [0.3, 0.4) is 0 Å². The van der Waals surface area contributed by atoms with E-state index in [4.69, 9.17) is 4.74 Å². The Morgan fingerprint density at radius 2 is 2.22 bits per heavy atom. The van der Waals surface area contributed by atoms with Crippen molar-refractivity contribution in [1.29, 1.82) is 0 Å². The molecule has 2 aromatic rings. The van der Waals surface area contributed by atoms with Crippen LogP contribution in [-0.4, -0.2) is 28.1 Å². The summed E-state index contributed by atoms with van der Waals surface area (Å²) in [5.41, 5.74) is 2.25. The molecule has 1 unspecified atom stereocenters. The summed E-state index contributed by atoms with van der Waals surface area (Å²) < 4.78 is 7.91. The van der Waals surface area contributed by atoms with E-state index < -0.39 is 6.10 Å². The summed E-state index contributed by atoms with van der Waals surface area (Å²) in [4.78, 5) is 16.3. The van der Waals surface area contributed by atoms with Crippen molar-refractivity contribution < 1.29 is 9.53 Å². The molecule has 0 aliphatic carbocycles. The van der Waals surface area contributed by atoms with Crippen LogP contribution in [0, 0.1) is 13.8 Å². The molecule has 1 aromatic heterocycles. The van der Waals surface area contributed by atoms with Gasteiger partial charge in [-0.05, 0) is 43.9 Å². The lowest BCUT2D eigenvalue weighted by atomic mass is 10.1. The molecule has 0 spiro atoms. The first-order chi connectivity index (χ1) is 11.1. The van der Waals surface area contributed by atoms with Gasteiger partial charge in [-0.1, -0.05) is 19.1 Å². The molecular formula is C18H25N3O2. The number of amides is 1. The van der Waals surface area contributed by atoms with Gasteiger partial charge in [-0.2, -0.15) is 0 Å². The van der Waals surface area contributed by atoms with Crippen LogP contribution in [0.2, 0.25) is 0 Å². The highest BCUT2D eigenvalue weighted by Crippen LogP contribution is 2.22. The van der Waals surface area contributed by atoms with Crippen LogP contribution in [0.15, 0.2) is 36.9 Å². The lowest BCUT2D eigenvalue weighted by Gasteiger charge is -2.19. The Balaban J connectivity index is 1.82. The molecule has 2 rings (SSSR count). The van der Waals surface area contributed by atoms with E-state index in [9.17, 15) is 4.79 Å². The van der Waals surface area contributed by atoms with Gasteiger partial charge in [0.25, 0.3) is 5.91 Å². The summed E-state index contributed by atoms with van der Waals surface area (Å²) in [6, 6.07) is 5.91. The molecule has 1 atom stereocenters. The molecule has 1 heterocycles. The van der Waals surface area contributed by atoms with Gasteiger partial charge in [0.2, 0.25) is 0 Å². The van der Waals surface area contributed by atoms with E-state index in [-0.39, 0.29) is 5.91 Å². The molecule has 0 saturated carbocycles. The molecule has 1 N–H and O–H groups in total.